The van der Waals surface area contributed by atoms with E-state index in [1.54, 1.807) is 42.5 Å². The quantitative estimate of drug-likeness (QED) is 0.0634. The Kier molecular flexibility index (Phi) is 17.3. The normalized spacial score (nSPS) is 12.2. The fourth-order valence-corrected chi connectivity index (χ4v) is 8.55. The zero-order valence-corrected chi connectivity index (χ0v) is 42.1. The van der Waals surface area contributed by atoms with Crippen molar-refractivity contribution in [1.29, 1.82) is 0 Å². The number of benzene rings is 7. The average Bonchev–Trinajstić information content (AvgIpc) is 3.55. The van der Waals surface area contributed by atoms with Crippen molar-refractivity contribution < 1.29 is 39.6 Å². The molecule has 0 aromatic heterocycles. The van der Waals surface area contributed by atoms with Gasteiger partial charge in [-0.3, -0.25) is 0 Å². The molecule has 1 aliphatic rings. The summed E-state index contributed by atoms with van der Waals surface area (Å²) in [6.07, 6.45) is 6.12. The molecule has 0 bridgehead atoms. The van der Waals surface area contributed by atoms with E-state index >= 15 is 0 Å². The van der Waals surface area contributed by atoms with Crippen LogP contribution in [0, 0.1) is 77.0 Å². The molecule has 4 N–H and O–H groups in total. The first-order chi connectivity index (χ1) is 37.8. The number of carbonyl (C=O) groups is 4. The van der Waals surface area contributed by atoms with Gasteiger partial charge in [-0.15, -0.1) is 0 Å². The first-order valence-electron chi connectivity index (χ1n) is 24.6. The summed E-state index contributed by atoms with van der Waals surface area (Å²) < 4.78 is 0. The molecule has 2 atom stereocenters. The van der Waals surface area contributed by atoms with Gasteiger partial charge in [-0.05, 0) is 156 Å². The summed E-state index contributed by atoms with van der Waals surface area (Å²) >= 11 is 0. The van der Waals surface area contributed by atoms with Crippen LogP contribution >= 0.6 is 0 Å². The molecule has 1 aliphatic carbocycles. The number of fused-ring (bicyclic) bond motifs is 2. The standard InChI is InChI=1S/C70H46O8/c1-47(67(71)72)13-6-3-11-18-54(20-12-19-51-21-31-55(32-22-51)68(73)74)41-48(2)66-64-45-60(39-28-50-16-9-5-10-17-50)58(37-27-49-14-7-4-8-15-49)42-62(64)44-63-43-59(38-29-52-23-33-56(34-24-52)69(75)76)61(46-65(63)66)40-30-53-25-35-57(36-26-53)70(77)78/h4-10,13-17,21-26,31-36,41-43,45-46,48,66H,1,3,20,44H2,2H3,(H,71,72)(H,73,74)(H,75,76)(H,77,78)/b13-6-,54-41-. The lowest BCUT2D eigenvalue weighted by atomic mass is 9.70. The second kappa shape index (κ2) is 25.3. The van der Waals surface area contributed by atoms with Gasteiger partial charge in [0.1, 0.15) is 0 Å². The fourth-order valence-electron chi connectivity index (χ4n) is 8.55. The van der Waals surface area contributed by atoms with Crippen molar-refractivity contribution in [3.05, 3.63) is 283 Å². The maximum absolute atomic E-state index is 11.7. The molecule has 374 valence electrons. The van der Waals surface area contributed by atoms with E-state index in [-0.39, 0.29) is 46.9 Å². The highest BCUT2D eigenvalue weighted by Gasteiger charge is 2.31. The highest BCUT2D eigenvalue weighted by atomic mass is 16.4. The van der Waals surface area contributed by atoms with Crippen LogP contribution in [0.4, 0.5) is 0 Å². The first-order valence-corrected chi connectivity index (χ1v) is 24.6. The van der Waals surface area contributed by atoms with Crippen LogP contribution in [0.25, 0.3) is 0 Å². The number of allylic oxidation sites excluding steroid dienone is 3. The average molecular weight is 1020 g/mol. The summed E-state index contributed by atoms with van der Waals surface area (Å²) in [6.45, 7) is 5.69. The summed E-state index contributed by atoms with van der Waals surface area (Å²) in [7, 11) is 0. The molecular weight excluding hydrogens is 969 g/mol. The Morgan fingerprint density at radius 1 is 0.513 bits per heavy atom. The van der Waals surface area contributed by atoms with Crippen molar-refractivity contribution in [2.75, 3.05) is 0 Å². The van der Waals surface area contributed by atoms with Gasteiger partial charge in [-0.25, -0.2) is 19.2 Å². The van der Waals surface area contributed by atoms with Crippen LogP contribution in [0.3, 0.4) is 0 Å². The van der Waals surface area contributed by atoms with E-state index in [0.29, 0.717) is 39.8 Å². The van der Waals surface area contributed by atoms with Crippen molar-refractivity contribution in [1.82, 2.24) is 0 Å². The Labute approximate surface area is 453 Å². The van der Waals surface area contributed by atoms with Gasteiger partial charge in [-0.1, -0.05) is 139 Å². The van der Waals surface area contributed by atoms with Gasteiger partial charge in [0.25, 0.3) is 0 Å². The Morgan fingerprint density at radius 2 is 0.897 bits per heavy atom. The number of hydrogen-bond donors (Lipinski definition) is 4. The number of rotatable bonds is 9. The monoisotopic (exact) mass is 1010 g/mol. The van der Waals surface area contributed by atoms with Crippen LogP contribution in [0.1, 0.15) is 129 Å². The number of aromatic carboxylic acids is 3. The molecule has 0 spiro atoms. The minimum atomic E-state index is -1.13. The highest BCUT2D eigenvalue weighted by molar-refractivity contribution is 5.89. The molecule has 0 heterocycles. The van der Waals surface area contributed by atoms with E-state index in [0.717, 1.165) is 44.5 Å². The molecule has 8 heteroatoms. The molecule has 0 fully saturated rings. The minimum Gasteiger partial charge on any atom is -0.478 e. The number of hydrogen-bond acceptors (Lipinski definition) is 4. The number of carboxylic acids is 4. The Balaban J connectivity index is 1.33. The van der Waals surface area contributed by atoms with E-state index in [1.807, 2.05) is 60.7 Å². The third-order valence-corrected chi connectivity index (χ3v) is 12.5. The Morgan fingerprint density at radius 3 is 1.29 bits per heavy atom. The van der Waals surface area contributed by atoms with Crippen molar-refractivity contribution in [2.45, 2.75) is 32.1 Å². The SMILES string of the molecule is C=C(/C=C\CC#C/C(=C/C(C)C1c2cc(C#Cc3ccccc3)c(C#Cc3ccccc3)cc2Cc2cc(C#Cc3ccc(C(=O)O)cc3)c(C#Cc3ccc(C(=O)O)cc3)cc21)CC#Cc1ccc(C(=O)O)cc1)C(=O)O. The molecular formula is C70H46O8. The molecule has 8 nitrogen and oxygen atoms in total. The number of carboxylic acid groups (broad SMARTS) is 4. The lowest BCUT2D eigenvalue weighted by molar-refractivity contribution is -0.132. The predicted molar refractivity (Wildman–Crippen MR) is 302 cm³/mol. The van der Waals surface area contributed by atoms with Crippen LogP contribution in [-0.4, -0.2) is 44.3 Å². The molecule has 7 aromatic rings. The summed E-state index contributed by atoms with van der Waals surface area (Å²) in [5.74, 6) is 34.7. The summed E-state index contributed by atoms with van der Waals surface area (Å²) in [5, 5.41) is 37.9. The minimum absolute atomic E-state index is 0.0682. The maximum Gasteiger partial charge on any atom is 0.335 e. The maximum atomic E-state index is 11.7. The van der Waals surface area contributed by atoms with Gasteiger partial charge in [0.2, 0.25) is 0 Å². The van der Waals surface area contributed by atoms with E-state index in [1.165, 1.54) is 42.5 Å². The van der Waals surface area contributed by atoms with Gasteiger partial charge >= 0.3 is 23.9 Å². The van der Waals surface area contributed by atoms with Crippen LogP contribution in [0.2, 0.25) is 0 Å². The predicted octanol–water partition coefficient (Wildman–Crippen LogP) is 12.0. The summed E-state index contributed by atoms with van der Waals surface area (Å²) in [5.41, 5.74) is 11.3. The number of aliphatic carboxylic acids is 1. The summed E-state index contributed by atoms with van der Waals surface area (Å²) in [4.78, 5) is 46.3. The molecule has 0 saturated carbocycles. The second-order valence-electron chi connectivity index (χ2n) is 18.0. The molecule has 0 aliphatic heterocycles. The van der Waals surface area contributed by atoms with E-state index in [9.17, 15) is 39.6 Å². The first kappa shape index (κ1) is 53.3. The van der Waals surface area contributed by atoms with Crippen LogP contribution in [0.15, 0.2) is 194 Å². The van der Waals surface area contributed by atoms with Gasteiger partial charge < -0.3 is 20.4 Å². The lowest BCUT2D eigenvalue weighted by Gasteiger charge is -2.33. The van der Waals surface area contributed by atoms with Crippen molar-refractivity contribution in [3.63, 3.8) is 0 Å². The van der Waals surface area contributed by atoms with E-state index < -0.39 is 23.9 Å². The summed E-state index contributed by atoms with van der Waals surface area (Å²) in [6, 6.07) is 46.8. The topological polar surface area (TPSA) is 149 Å². The van der Waals surface area contributed by atoms with Gasteiger partial charge in [0, 0.05) is 74.4 Å². The smallest absolute Gasteiger partial charge is 0.335 e. The zero-order chi connectivity index (χ0) is 55.0. The fraction of sp³-hybridized carbons (Fsp3) is 0.0857. The van der Waals surface area contributed by atoms with Crippen LogP contribution < -0.4 is 0 Å². The zero-order valence-electron chi connectivity index (χ0n) is 42.1. The van der Waals surface area contributed by atoms with Crippen molar-refractivity contribution in [2.24, 2.45) is 5.92 Å². The highest BCUT2D eigenvalue weighted by Crippen LogP contribution is 2.44. The van der Waals surface area contributed by atoms with Gasteiger partial charge in [-0.2, -0.15) is 0 Å². The van der Waals surface area contributed by atoms with Crippen molar-refractivity contribution >= 4 is 23.9 Å². The third kappa shape index (κ3) is 14.2. The largest absolute Gasteiger partial charge is 0.478 e. The third-order valence-electron chi connectivity index (χ3n) is 12.5. The van der Waals surface area contributed by atoms with Crippen molar-refractivity contribution in [3.8, 4) is 71.0 Å². The van der Waals surface area contributed by atoms with Crippen LogP contribution in [0.5, 0.6) is 0 Å². The van der Waals surface area contributed by atoms with Gasteiger partial charge in [0.05, 0.1) is 22.3 Å². The van der Waals surface area contributed by atoms with E-state index in [2.05, 4.69) is 115 Å². The van der Waals surface area contributed by atoms with Crippen LogP contribution in [-0.2, 0) is 11.2 Å². The van der Waals surface area contributed by atoms with Gasteiger partial charge in [0.15, 0.2) is 0 Å². The van der Waals surface area contributed by atoms with E-state index in [4.69, 9.17) is 0 Å². The molecule has 7 aromatic carbocycles. The molecule has 78 heavy (non-hydrogen) atoms. The molecule has 0 saturated heterocycles. The second-order valence-corrected chi connectivity index (χ2v) is 18.0. The molecule has 2 unspecified atom stereocenters. The Hall–Kier alpha value is -11.0. The molecule has 0 amide bonds. The lowest BCUT2D eigenvalue weighted by Crippen LogP contribution is -2.20. The molecule has 0 radical (unpaired) electrons. The Bertz CT molecular complexity index is 3980. The molecule has 8 rings (SSSR count).